The second-order valence-electron chi connectivity index (χ2n) is 10.6. The number of unbranched alkanes of at least 4 members (excludes halogenated alkanes) is 1. The summed E-state index contributed by atoms with van der Waals surface area (Å²) in [6.45, 7) is 0.114. The number of hydrogen-bond donors (Lipinski definition) is 4. The van der Waals surface area contributed by atoms with Gasteiger partial charge >= 0.3 is 0 Å². The van der Waals surface area contributed by atoms with Crippen LogP contribution in [0.5, 0.6) is 0 Å². The monoisotopic (exact) mass is 554 g/mol. The van der Waals surface area contributed by atoms with E-state index in [9.17, 15) is 30.2 Å². The quantitative estimate of drug-likeness (QED) is 0.0991. The minimum Gasteiger partial charge on any atom is -0.393 e. The number of amides is 1. The van der Waals surface area contributed by atoms with Gasteiger partial charge in [-0.1, -0.05) is 66.7 Å². The second-order valence-corrected chi connectivity index (χ2v) is 10.6. The molecule has 5 atom stereocenters. The van der Waals surface area contributed by atoms with Gasteiger partial charge in [-0.25, -0.2) is 0 Å². The van der Waals surface area contributed by atoms with Crippen LogP contribution < -0.4 is 5.32 Å². The highest BCUT2D eigenvalue weighted by molar-refractivity contribution is 5.75. The first kappa shape index (κ1) is 31.3. The van der Waals surface area contributed by atoms with Gasteiger partial charge in [0.05, 0.1) is 18.3 Å². The maximum absolute atomic E-state index is 12.3. The molecule has 9 heteroatoms. The van der Waals surface area contributed by atoms with Crippen molar-refractivity contribution >= 4 is 5.91 Å². The number of carbonyl (C=O) groups excluding carboxylic acids is 1. The number of aliphatic hydroxyl groups excluding tert-OH is 3. The topological polar surface area (TPSA) is 142 Å². The predicted octanol–water partition coefficient (Wildman–Crippen LogP) is 4.26. The Morgan fingerprint density at radius 1 is 1.02 bits per heavy atom. The molecule has 0 heterocycles. The maximum atomic E-state index is 12.3. The highest BCUT2D eigenvalue weighted by atomic mass is 16.9. The van der Waals surface area contributed by atoms with Gasteiger partial charge in [0, 0.05) is 13.0 Å². The van der Waals surface area contributed by atoms with Crippen LogP contribution in [0.25, 0.3) is 0 Å². The minimum absolute atomic E-state index is 0.0459. The van der Waals surface area contributed by atoms with E-state index in [1.54, 1.807) is 24.3 Å². The summed E-state index contributed by atoms with van der Waals surface area (Å²) in [5, 5.41) is 44.0. The van der Waals surface area contributed by atoms with Gasteiger partial charge in [-0.15, -0.1) is 10.1 Å². The zero-order valence-electron chi connectivity index (χ0n) is 22.9. The van der Waals surface area contributed by atoms with E-state index in [0.717, 1.165) is 18.4 Å². The van der Waals surface area contributed by atoms with Crippen LogP contribution in [0, 0.1) is 22.0 Å². The summed E-state index contributed by atoms with van der Waals surface area (Å²) in [4.78, 5) is 27.2. The molecule has 2 aromatic rings. The van der Waals surface area contributed by atoms with Crippen LogP contribution in [0.4, 0.5) is 0 Å². The Morgan fingerprint density at radius 2 is 1.73 bits per heavy atom. The summed E-state index contributed by atoms with van der Waals surface area (Å²) in [5.74, 6) is -0.190. The van der Waals surface area contributed by atoms with Crippen LogP contribution in [0.1, 0.15) is 68.1 Å². The Labute approximate surface area is 236 Å². The molecule has 3 rings (SSSR count). The third kappa shape index (κ3) is 10.7. The van der Waals surface area contributed by atoms with Crippen molar-refractivity contribution in [2.75, 3.05) is 0 Å². The summed E-state index contributed by atoms with van der Waals surface area (Å²) in [7, 11) is 0. The van der Waals surface area contributed by atoms with Crippen molar-refractivity contribution in [3.05, 3.63) is 93.6 Å². The van der Waals surface area contributed by atoms with E-state index in [4.69, 9.17) is 0 Å². The number of rotatable bonds is 17. The van der Waals surface area contributed by atoms with Crippen molar-refractivity contribution in [1.29, 1.82) is 0 Å². The summed E-state index contributed by atoms with van der Waals surface area (Å²) in [5.41, 5.74) is 2.62. The molecule has 0 bridgehead atoms. The van der Waals surface area contributed by atoms with Gasteiger partial charge < -0.3 is 25.5 Å². The Balaban J connectivity index is 1.33. The number of nitrogens with one attached hydrogen (secondary N) is 1. The molecule has 0 unspecified atom stereocenters. The molecule has 0 spiro atoms. The fraction of sp³-hybridized carbons (Fsp3) is 0.516. The number of aryl methyl sites for hydroxylation is 1. The normalized spacial score (nSPS) is 21.4. The first-order chi connectivity index (χ1) is 19.3. The van der Waals surface area contributed by atoms with Crippen LogP contribution >= 0.6 is 0 Å². The maximum Gasteiger partial charge on any atom is 0.294 e. The molecule has 40 heavy (non-hydrogen) atoms. The van der Waals surface area contributed by atoms with Crippen LogP contribution in [0.3, 0.4) is 0 Å². The largest absolute Gasteiger partial charge is 0.393 e. The van der Waals surface area contributed by atoms with Crippen molar-refractivity contribution in [3.63, 3.8) is 0 Å². The number of benzene rings is 2. The molecule has 0 radical (unpaired) electrons. The van der Waals surface area contributed by atoms with Crippen LogP contribution in [-0.2, 0) is 29.2 Å². The van der Waals surface area contributed by atoms with E-state index < -0.39 is 23.4 Å². The van der Waals surface area contributed by atoms with Gasteiger partial charge in [0.1, 0.15) is 6.61 Å². The SMILES string of the molecule is O=C(CCCC=CC[C@@H]1[C@@H](CC[C@@H](O)CCc2ccccc2)[C@H](O)C[C@@H]1O)NCc1ccccc1CO[N+](=O)[O-]. The molecule has 2 aromatic carbocycles. The molecule has 1 saturated carbocycles. The van der Waals surface area contributed by atoms with Gasteiger partial charge in [-0.2, -0.15) is 0 Å². The lowest BCUT2D eigenvalue weighted by Crippen LogP contribution is -2.23. The highest BCUT2D eigenvalue weighted by Crippen LogP contribution is 2.38. The molecule has 0 saturated heterocycles. The Kier molecular flexibility index (Phi) is 13.1. The van der Waals surface area contributed by atoms with E-state index in [0.29, 0.717) is 50.5 Å². The molecule has 1 fully saturated rings. The van der Waals surface area contributed by atoms with Crippen LogP contribution in [0.2, 0.25) is 0 Å². The van der Waals surface area contributed by atoms with Crippen LogP contribution in [-0.4, -0.2) is 44.6 Å². The van der Waals surface area contributed by atoms with Gasteiger partial charge in [0.2, 0.25) is 5.91 Å². The Hall–Kier alpha value is -3.27. The summed E-state index contributed by atoms with van der Waals surface area (Å²) in [6.07, 6.45) is 8.00. The van der Waals surface area contributed by atoms with Gasteiger partial charge in [0.15, 0.2) is 0 Å². The second kappa shape index (κ2) is 16.7. The van der Waals surface area contributed by atoms with Gasteiger partial charge in [0.25, 0.3) is 5.09 Å². The lowest BCUT2D eigenvalue weighted by molar-refractivity contribution is -0.763. The van der Waals surface area contributed by atoms with E-state index in [-0.39, 0.29) is 30.9 Å². The zero-order valence-corrected chi connectivity index (χ0v) is 22.9. The predicted molar refractivity (Wildman–Crippen MR) is 151 cm³/mol. The molecular formula is C31H42N2O7. The molecule has 1 aliphatic carbocycles. The van der Waals surface area contributed by atoms with Gasteiger partial charge in [-0.3, -0.25) is 4.79 Å². The fourth-order valence-corrected chi connectivity index (χ4v) is 5.44. The number of allylic oxidation sites excluding steroid dienone is 2. The summed E-state index contributed by atoms with van der Waals surface area (Å²) >= 11 is 0. The minimum atomic E-state index is -0.836. The number of aliphatic hydroxyl groups is 3. The van der Waals surface area contributed by atoms with E-state index in [2.05, 4.69) is 22.3 Å². The Bertz CT molecular complexity index is 1080. The Morgan fingerprint density at radius 3 is 2.48 bits per heavy atom. The third-order valence-electron chi connectivity index (χ3n) is 7.73. The molecule has 4 N–H and O–H groups in total. The molecule has 1 amide bonds. The smallest absolute Gasteiger partial charge is 0.294 e. The average Bonchev–Trinajstić information content (AvgIpc) is 3.22. The molecule has 1 aliphatic rings. The number of hydrogen-bond acceptors (Lipinski definition) is 7. The molecule has 218 valence electrons. The molecule has 0 aromatic heterocycles. The van der Waals surface area contributed by atoms with E-state index in [1.165, 1.54) is 5.56 Å². The van der Waals surface area contributed by atoms with Crippen molar-refractivity contribution in [2.24, 2.45) is 11.8 Å². The van der Waals surface area contributed by atoms with Gasteiger partial charge in [-0.05, 0) is 79.9 Å². The van der Waals surface area contributed by atoms with Crippen molar-refractivity contribution in [3.8, 4) is 0 Å². The number of carbonyl (C=O) groups is 1. The first-order valence-corrected chi connectivity index (χ1v) is 14.2. The fourth-order valence-electron chi connectivity index (χ4n) is 5.44. The number of nitrogens with zero attached hydrogens (tertiary/aromatic N) is 1. The molecule has 0 aliphatic heterocycles. The summed E-state index contributed by atoms with van der Waals surface area (Å²) in [6, 6.07) is 17.2. The third-order valence-corrected chi connectivity index (χ3v) is 7.73. The van der Waals surface area contributed by atoms with Crippen molar-refractivity contribution < 1.29 is 30.0 Å². The standard InChI is InChI=1S/C31H42N2O7/c34-26(17-16-23-10-4-3-5-11-23)18-19-28-27(29(35)20-30(28)36)14-6-1-2-7-15-31(37)32-21-24-12-8-9-13-25(24)22-40-33(38)39/h1,3-6,8-13,26-30,34-36H,2,7,14-22H2,(H,32,37)/t26-,27+,28+,29-,30+/m0/s1. The first-order valence-electron chi connectivity index (χ1n) is 14.2. The lowest BCUT2D eigenvalue weighted by Gasteiger charge is -2.23. The summed E-state index contributed by atoms with van der Waals surface area (Å²) < 4.78 is 0. The van der Waals surface area contributed by atoms with Crippen LogP contribution in [0.15, 0.2) is 66.7 Å². The highest BCUT2D eigenvalue weighted by Gasteiger charge is 2.40. The zero-order chi connectivity index (χ0) is 28.7. The average molecular weight is 555 g/mol. The van der Waals surface area contributed by atoms with E-state index in [1.807, 2.05) is 30.4 Å². The molecule has 9 nitrogen and oxygen atoms in total. The van der Waals surface area contributed by atoms with Crippen molar-refractivity contribution in [2.45, 2.75) is 89.3 Å². The molecular weight excluding hydrogens is 512 g/mol. The van der Waals surface area contributed by atoms with Crippen molar-refractivity contribution in [1.82, 2.24) is 5.32 Å². The lowest BCUT2D eigenvalue weighted by atomic mass is 9.85. The van der Waals surface area contributed by atoms with E-state index >= 15 is 0 Å².